The van der Waals surface area contributed by atoms with Crippen molar-refractivity contribution in [2.24, 2.45) is 5.92 Å². The molecule has 0 unspecified atom stereocenters. The Morgan fingerprint density at radius 2 is 2.19 bits per heavy atom. The van der Waals surface area contributed by atoms with E-state index in [9.17, 15) is 12.8 Å². The number of halogens is 1. The summed E-state index contributed by atoms with van der Waals surface area (Å²) in [5, 5.41) is 0. The van der Waals surface area contributed by atoms with Crippen LogP contribution in [0, 0.1) is 11.7 Å². The Bertz CT molecular complexity index is 606. The van der Waals surface area contributed by atoms with Crippen LogP contribution in [0.25, 0.3) is 0 Å². The van der Waals surface area contributed by atoms with Gasteiger partial charge in [0.15, 0.2) is 21.4 Å². The van der Waals surface area contributed by atoms with Crippen LogP contribution in [-0.2, 0) is 9.84 Å². The van der Waals surface area contributed by atoms with Crippen LogP contribution in [-0.4, -0.2) is 26.5 Å². The van der Waals surface area contributed by atoms with Gasteiger partial charge in [-0.25, -0.2) is 12.8 Å². The molecule has 0 N–H and O–H groups in total. The van der Waals surface area contributed by atoms with Gasteiger partial charge in [-0.1, -0.05) is 19.1 Å². The summed E-state index contributed by atoms with van der Waals surface area (Å²) in [6.45, 7) is 5.80. The summed E-state index contributed by atoms with van der Waals surface area (Å²) < 4.78 is 42.8. The van der Waals surface area contributed by atoms with Crippen LogP contribution < -0.4 is 4.74 Å². The number of rotatable bonds is 8. The SMILES string of the molecule is C=CCS(=O)(=O)C[C@H](C)c1ccc(F)c(OCC2CC2)c1. The van der Waals surface area contributed by atoms with Gasteiger partial charge in [-0.15, -0.1) is 6.58 Å². The van der Waals surface area contributed by atoms with E-state index in [1.807, 2.05) is 6.92 Å². The Labute approximate surface area is 125 Å². The molecule has 0 aliphatic heterocycles. The highest BCUT2D eigenvalue weighted by molar-refractivity contribution is 7.91. The van der Waals surface area contributed by atoms with Crippen LogP contribution in [0.1, 0.15) is 31.2 Å². The van der Waals surface area contributed by atoms with E-state index in [1.54, 1.807) is 12.1 Å². The molecule has 0 aromatic heterocycles. The Morgan fingerprint density at radius 1 is 1.48 bits per heavy atom. The highest BCUT2D eigenvalue weighted by Gasteiger charge is 2.23. The second-order valence-electron chi connectivity index (χ2n) is 5.71. The molecule has 0 heterocycles. The molecule has 0 spiro atoms. The van der Waals surface area contributed by atoms with Crippen molar-refractivity contribution in [3.63, 3.8) is 0 Å². The summed E-state index contributed by atoms with van der Waals surface area (Å²) in [5.41, 5.74) is 0.773. The zero-order valence-electron chi connectivity index (χ0n) is 12.2. The fourth-order valence-electron chi connectivity index (χ4n) is 2.15. The third-order valence-electron chi connectivity index (χ3n) is 3.57. The van der Waals surface area contributed by atoms with E-state index in [4.69, 9.17) is 4.74 Å². The highest BCUT2D eigenvalue weighted by atomic mass is 32.2. The van der Waals surface area contributed by atoms with Crippen molar-refractivity contribution >= 4 is 9.84 Å². The van der Waals surface area contributed by atoms with Crippen molar-refractivity contribution in [1.82, 2.24) is 0 Å². The second kappa shape index (κ2) is 6.60. The summed E-state index contributed by atoms with van der Waals surface area (Å²) >= 11 is 0. The molecular weight excluding hydrogens is 291 g/mol. The molecule has 0 saturated heterocycles. The van der Waals surface area contributed by atoms with Crippen molar-refractivity contribution < 1.29 is 17.5 Å². The third kappa shape index (κ3) is 4.84. The maximum Gasteiger partial charge on any atom is 0.165 e. The first-order valence-electron chi connectivity index (χ1n) is 7.15. The average Bonchev–Trinajstić information content (AvgIpc) is 3.21. The lowest BCUT2D eigenvalue weighted by molar-refractivity contribution is 0.285. The van der Waals surface area contributed by atoms with Crippen molar-refractivity contribution in [3.8, 4) is 5.75 Å². The predicted molar refractivity (Wildman–Crippen MR) is 81.9 cm³/mol. The first-order chi connectivity index (χ1) is 9.91. The summed E-state index contributed by atoms with van der Waals surface area (Å²) in [4.78, 5) is 0. The summed E-state index contributed by atoms with van der Waals surface area (Å²) in [5.74, 6) is 0.126. The van der Waals surface area contributed by atoms with Gasteiger partial charge < -0.3 is 4.74 Å². The van der Waals surface area contributed by atoms with Gasteiger partial charge >= 0.3 is 0 Å². The van der Waals surface area contributed by atoms with E-state index in [1.165, 1.54) is 12.1 Å². The highest BCUT2D eigenvalue weighted by Crippen LogP contribution is 2.31. The van der Waals surface area contributed by atoms with E-state index in [2.05, 4.69) is 6.58 Å². The fourth-order valence-corrected chi connectivity index (χ4v) is 3.60. The number of hydrogen-bond acceptors (Lipinski definition) is 3. The minimum atomic E-state index is -3.17. The second-order valence-corrected chi connectivity index (χ2v) is 7.86. The lowest BCUT2D eigenvalue weighted by Crippen LogP contribution is -2.15. The summed E-state index contributed by atoms with van der Waals surface area (Å²) in [6.07, 6.45) is 3.66. The molecule has 5 heteroatoms. The topological polar surface area (TPSA) is 43.4 Å². The molecule has 0 bridgehead atoms. The smallest absolute Gasteiger partial charge is 0.165 e. The monoisotopic (exact) mass is 312 g/mol. The van der Waals surface area contributed by atoms with Gasteiger partial charge in [-0.3, -0.25) is 0 Å². The molecule has 116 valence electrons. The maximum absolute atomic E-state index is 13.7. The predicted octanol–water partition coefficient (Wildman–Crippen LogP) is 3.32. The van der Waals surface area contributed by atoms with Crippen molar-refractivity contribution in [1.29, 1.82) is 0 Å². The minimum Gasteiger partial charge on any atom is -0.490 e. The molecule has 1 fully saturated rings. The standard InChI is InChI=1S/C16H21FO3S/c1-3-8-21(18,19)11-12(2)14-6-7-15(17)16(9-14)20-10-13-4-5-13/h3,6-7,9,12-13H,1,4-5,8,10-11H2,2H3/t12-/m0/s1. The number of ether oxygens (including phenoxy) is 1. The Hall–Kier alpha value is -1.36. The zero-order chi connectivity index (χ0) is 15.5. The first kappa shape index (κ1) is 16.0. The van der Waals surface area contributed by atoms with Crippen molar-refractivity contribution in [2.45, 2.75) is 25.7 Å². The molecule has 1 aliphatic rings. The molecule has 1 atom stereocenters. The van der Waals surface area contributed by atoms with Crippen LogP contribution >= 0.6 is 0 Å². The average molecular weight is 312 g/mol. The molecule has 1 aliphatic carbocycles. The van der Waals surface area contributed by atoms with Crippen molar-refractivity contribution in [2.75, 3.05) is 18.1 Å². The number of sulfone groups is 1. The van der Waals surface area contributed by atoms with E-state index >= 15 is 0 Å². The molecule has 0 radical (unpaired) electrons. The Morgan fingerprint density at radius 3 is 2.81 bits per heavy atom. The quantitative estimate of drug-likeness (QED) is 0.692. The minimum absolute atomic E-state index is 0.0206. The molecular formula is C16H21FO3S. The van der Waals surface area contributed by atoms with Crippen LogP contribution in [0.2, 0.25) is 0 Å². The summed E-state index contributed by atoms with van der Waals surface area (Å²) in [6, 6.07) is 4.58. The fraction of sp³-hybridized carbons (Fsp3) is 0.500. The van der Waals surface area contributed by atoms with Gasteiger partial charge in [0, 0.05) is 0 Å². The van der Waals surface area contributed by atoms with Crippen LogP contribution in [0.5, 0.6) is 5.75 Å². The van der Waals surface area contributed by atoms with Crippen LogP contribution in [0.3, 0.4) is 0 Å². The normalized spacial score (nSPS) is 16.5. The maximum atomic E-state index is 13.7. The van der Waals surface area contributed by atoms with Gasteiger partial charge in [0.2, 0.25) is 0 Å². The lowest BCUT2D eigenvalue weighted by Gasteiger charge is -2.14. The summed E-state index contributed by atoms with van der Waals surface area (Å²) in [7, 11) is -3.17. The van der Waals surface area contributed by atoms with Crippen LogP contribution in [0.4, 0.5) is 4.39 Å². The van der Waals surface area contributed by atoms with E-state index in [0.29, 0.717) is 12.5 Å². The van der Waals surface area contributed by atoms with Gasteiger partial charge in [-0.2, -0.15) is 0 Å². The molecule has 21 heavy (non-hydrogen) atoms. The van der Waals surface area contributed by atoms with Gasteiger partial charge in [0.25, 0.3) is 0 Å². The number of benzene rings is 1. The first-order valence-corrected chi connectivity index (χ1v) is 8.97. The largest absolute Gasteiger partial charge is 0.490 e. The molecule has 1 saturated carbocycles. The molecule has 1 aromatic carbocycles. The van der Waals surface area contributed by atoms with Gasteiger partial charge in [0.1, 0.15) is 0 Å². The van der Waals surface area contributed by atoms with E-state index < -0.39 is 15.7 Å². The van der Waals surface area contributed by atoms with E-state index in [0.717, 1.165) is 18.4 Å². The molecule has 1 aromatic rings. The third-order valence-corrected chi connectivity index (χ3v) is 5.32. The lowest BCUT2D eigenvalue weighted by atomic mass is 10.0. The van der Waals surface area contributed by atoms with Gasteiger partial charge in [0.05, 0.1) is 18.1 Å². The molecule has 2 rings (SSSR count). The van der Waals surface area contributed by atoms with E-state index in [-0.39, 0.29) is 23.2 Å². The number of hydrogen-bond donors (Lipinski definition) is 0. The Kier molecular flexibility index (Phi) is 5.04. The van der Waals surface area contributed by atoms with Crippen molar-refractivity contribution in [3.05, 3.63) is 42.2 Å². The molecule has 3 nitrogen and oxygen atoms in total. The van der Waals surface area contributed by atoms with Crippen LogP contribution in [0.15, 0.2) is 30.9 Å². The molecule has 0 amide bonds. The Balaban J connectivity index is 2.07. The zero-order valence-corrected chi connectivity index (χ0v) is 13.0. The van der Waals surface area contributed by atoms with Gasteiger partial charge in [-0.05, 0) is 42.4 Å².